The average molecular weight is 323 g/mol. The number of nitriles is 1. The van der Waals surface area contributed by atoms with Gasteiger partial charge in [0.2, 0.25) is 5.95 Å². The van der Waals surface area contributed by atoms with Crippen molar-refractivity contribution in [3.63, 3.8) is 0 Å². The third-order valence-corrected chi connectivity index (χ3v) is 4.10. The van der Waals surface area contributed by atoms with E-state index in [4.69, 9.17) is 10.00 Å². The number of nitrogens with zero attached hydrogens (tertiary/aromatic N) is 5. The summed E-state index contributed by atoms with van der Waals surface area (Å²) in [6.07, 6.45) is 3.71. The summed E-state index contributed by atoms with van der Waals surface area (Å²) < 4.78 is 5.75. The molecule has 6 nitrogen and oxygen atoms in total. The monoisotopic (exact) mass is 323 g/mol. The smallest absolute Gasteiger partial charge is 0.225 e. The maximum Gasteiger partial charge on any atom is 0.225 e. The Balaban J connectivity index is 1.44. The van der Waals surface area contributed by atoms with Gasteiger partial charge in [0.05, 0.1) is 5.56 Å². The van der Waals surface area contributed by atoms with Crippen LogP contribution in [-0.2, 0) is 0 Å². The lowest BCUT2D eigenvalue weighted by Gasteiger charge is -2.34. The van der Waals surface area contributed by atoms with Crippen molar-refractivity contribution in [2.24, 2.45) is 0 Å². The summed E-state index contributed by atoms with van der Waals surface area (Å²) in [7, 11) is 0. The van der Waals surface area contributed by atoms with Gasteiger partial charge < -0.3 is 9.64 Å². The third kappa shape index (κ3) is 4.00. The molecule has 0 bridgehead atoms. The van der Waals surface area contributed by atoms with Crippen LogP contribution >= 0.6 is 0 Å². The van der Waals surface area contributed by atoms with E-state index in [0.717, 1.165) is 44.2 Å². The Bertz CT molecular complexity index is 702. The SMILES string of the molecule is Cc1cnc(N2CCN(CCOc3ccccc3C#N)CC2)nc1. The molecule has 24 heavy (non-hydrogen) atoms. The Morgan fingerprint density at radius 2 is 1.83 bits per heavy atom. The van der Waals surface area contributed by atoms with Crippen molar-refractivity contribution in [3.05, 3.63) is 47.8 Å². The molecule has 1 saturated heterocycles. The number of hydrogen-bond donors (Lipinski definition) is 0. The minimum absolute atomic E-state index is 0.582. The van der Waals surface area contributed by atoms with Crippen LogP contribution in [0.4, 0.5) is 5.95 Å². The highest BCUT2D eigenvalue weighted by Gasteiger charge is 2.18. The molecule has 0 saturated carbocycles. The van der Waals surface area contributed by atoms with E-state index in [2.05, 4.69) is 25.8 Å². The second kappa shape index (κ2) is 7.75. The van der Waals surface area contributed by atoms with Gasteiger partial charge in [0, 0.05) is 45.1 Å². The van der Waals surface area contributed by atoms with E-state index in [1.54, 1.807) is 6.07 Å². The second-order valence-corrected chi connectivity index (χ2v) is 5.85. The Morgan fingerprint density at radius 3 is 2.54 bits per heavy atom. The molecule has 1 aliphatic rings. The normalized spacial score (nSPS) is 15.1. The van der Waals surface area contributed by atoms with Crippen LogP contribution in [0, 0.1) is 18.3 Å². The maximum absolute atomic E-state index is 9.06. The van der Waals surface area contributed by atoms with Gasteiger partial charge in [-0.1, -0.05) is 12.1 Å². The van der Waals surface area contributed by atoms with Crippen LogP contribution in [0.25, 0.3) is 0 Å². The predicted octanol–water partition coefficient (Wildman–Crippen LogP) is 1.86. The highest BCUT2D eigenvalue weighted by Crippen LogP contribution is 2.16. The standard InChI is InChI=1S/C18H21N5O/c1-15-13-20-18(21-14-15)23-8-6-22(7-9-23)10-11-24-17-5-3-2-4-16(17)12-19/h2-5,13-14H,6-11H2,1H3. The molecule has 2 aromatic rings. The molecule has 6 heteroatoms. The molecule has 1 aromatic heterocycles. The Labute approximate surface area is 142 Å². The van der Waals surface area contributed by atoms with Crippen LogP contribution in [0.3, 0.4) is 0 Å². The van der Waals surface area contributed by atoms with E-state index in [9.17, 15) is 0 Å². The first-order valence-electron chi connectivity index (χ1n) is 8.14. The highest BCUT2D eigenvalue weighted by molar-refractivity contribution is 5.42. The number of anilines is 1. The molecule has 0 atom stereocenters. The van der Waals surface area contributed by atoms with E-state index in [1.165, 1.54) is 0 Å². The van der Waals surface area contributed by atoms with Crippen LogP contribution in [0.5, 0.6) is 5.75 Å². The number of aromatic nitrogens is 2. The Kier molecular flexibility index (Phi) is 5.24. The van der Waals surface area contributed by atoms with Gasteiger partial charge >= 0.3 is 0 Å². The number of hydrogen-bond acceptors (Lipinski definition) is 6. The highest BCUT2D eigenvalue weighted by atomic mass is 16.5. The molecule has 124 valence electrons. The van der Waals surface area contributed by atoms with Crippen LogP contribution in [-0.4, -0.2) is 54.2 Å². The molecular formula is C18H21N5O. The number of aryl methyl sites for hydroxylation is 1. The molecule has 3 rings (SSSR count). The fourth-order valence-corrected chi connectivity index (χ4v) is 2.69. The van der Waals surface area contributed by atoms with E-state index in [0.29, 0.717) is 17.9 Å². The summed E-state index contributed by atoms with van der Waals surface area (Å²) in [4.78, 5) is 13.3. The second-order valence-electron chi connectivity index (χ2n) is 5.85. The summed E-state index contributed by atoms with van der Waals surface area (Å²) in [5.41, 5.74) is 1.66. The minimum Gasteiger partial charge on any atom is -0.491 e. The first kappa shape index (κ1) is 16.2. The van der Waals surface area contributed by atoms with Gasteiger partial charge in [0.25, 0.3) is 0 Å². The fourth-order valence-electron chi connectivity index (χ4n) is 2.69. The zero-order valence-corrected chi connectivity index (χ0v) is 13.9. The first-order chi connectivity index (χ1) is 11.8. The molecular weight excluding hydrogens is 302 g/mol. The van der Waals surface area contributed by atoms with Crippen LogP contribution in [0.15, 0.2) is 36.7 Å². The Hall–Kier alpha value is -2.65. The van der Waals surface area contributed by atoms with Crippen LogP contribution in [0.2, 0.25) is 0 Å². The van der Waals surface area contributed by atoms with Crippen molar-refractivity contribution in [2.45, 2.75) is 6.92 Å². The number of ether oxygens (including phenoxy) is 1. The molecule has 0 N–H and O–H groups in total. The topological polar surface area (TPSA) is 65.3 Å². The van der Waals surface area contributed by atoms with Gasteiger partial charge in [-0.05, 0) is 24.6 Å². The lowest BCUT2D eigenvalue weighted by Crippen LogP contribution is -2.48. The lowest BCUT2D eigenvalue weighted by atomic mass is 10.2. The summed E-state index contributed by atoms with van der Waals surface area (Å²) in [6, 6.07) is 9.50. The van der Waals surface area contributed by atoms with Gasteiger partial charge in [-0.25, -0.2) is 9.97 Å². The minimum atomic E-state index is 0.582. The number of piperazine rings is 1. The summed E-state index contributed by atoms with van der Waals surface area (Å²) in [6.45, 7) is 7.17. The third-order valence-electron chi connectivity index (χ3n) is 4.10. The molecule has 0 radical (unpaired) electrons. The van der Waals surface area contributed by atoms with E-state index >= 15 is 0 Å². The van der Waals surface area contributed by atoms with Gasteiger partial charge in [0.1, 0.15) is 18.4 Å². The van der Waals surface area contributed by atoms with E-state index in [-0.39, 0.29) is 0 Å². The molecule has 0 unspecified atom stereocenters. The Morgan fingerprint density at radius 1 is 1.12 bits per heavy atom. The summed E-state index contributed by atoms with van der Waals surface area (Å²) in [5.74, 6) is 1.46. The number of rotatable bonds is 5. The van der Waals surface area contributed by atoms with Crippen molar-refractivity contribution in [2.75, 3.05) is 44.2 Å². The summed E-state index contributed by atoms with van der Waals surface area (Å²) in [5, 5.41) is 9.06. The van der Waals surface area contributed by atoms with Crippen molar-refractivity contribution >= 4 is 5.95 Å². The molecule has 2 heterocycles. The zero-order valence-electron chi connectivity index (χ0n) is 13.9. The zero-order chi connectivity index (χ0) is 16.8. The maximum atomic E-state index is 9.06. The van der Waals surface area contributed by atoms with Gasteiger partial charge in [-0.2, -0.15) is 5.26 Å². The molecule has 0 amide bonds. The molecule has 1 aromatic carbocycles. The van der Waals surface area contributed by atoms with E-state index in [1.807, 2.05) is 37.5 Å². The van der Waals surface area contributed by atoms with Crippen molar-refractivity contribution < 1.29 is 4.74 Å². The fraction of sp³-hybridized carbons (Fsp3) is 0.389. The molecule has 1 aliphatic heterocycles. The van der Waals surface area contributed by atoms with Crippen molar-refractivity contribution in [3.8, 4) is 11.8 Å². The van der Waals surface area contributed by atoms with Crippen LogP contribution < -0.4 is 9.64 Å². The number of para-hydroxylation sites is 1. The quantitative estimate of drug-likeness (QED) is 0.837. The van der Waals surface area contributed by atoms with Crippen molar-refractivity contribution in [1.29, 1.82) is 5.26 Å². The molecule has 0 aliphatic carbocycles. The first-order valence-corrected chi connectivity index (χ1v) is 8.14. The molecule has 1 fully saturated rings. The van der Waals surface area contributed by atoms with Gasteiger partial charge in [-0.3, -0.25) is 4.90 Å². The van der Waals surface area contributed by atoms with Gasteiger partial charge in [0.15, 0.2) is 0 Å². The summed E-state index contributed by atoms with van der Waals surface area (Å²) >= 11 is 0. The van der Waals surface area contributed by atoms with Crippen LogP contribution in [0.1, 0.15) is 11.1 Å². The number of benzene rings is 1. The van der Waals surface area contributed by atoms with E-state index < -0.39 is 0 Å². The van der Waals surface area contributed by atoms with Crippen molar-refractivity contribution in [1.82, 2.24) is 14.9 Å². The lowest BCUT2D eigenvalue weighted by molar-refractivity contribution is 0.200. The average Bonchev–Trinajstić information content (AvgIpc) is 2.63. The predicted molar refractivity (Wildman–Crippen MR) is 92.1 cm³/mol. The van der Waals surface area contributed by atoms with Gasteiger partial charge in [-0.15, -0.1) is 0 Å². The molecule has 0 spiro atoms. The largest absolute Gasteiger partial charge is 0.491 e.